The molecule has 0 N–H and O–H groups in total. The van der Waals surface area contributed by atoms with Crippen molar-refractivity contribution < 1.29 is 0 Å². The van der Waals surface area contributed by atoms with Crippen LogP contribution in [0.4, 0.5) is 0 Å². The Hall–Kier alpha value is -2.67. The fourth-order valence-electron chi connectivity index (χ4n) is 2.01. The van der Waals surface area contributed by atoms with E-state index in [2.05, 4.69) is 32.2 Å². The van der Waals surface area contributed by atoms with Gasteiger partial charge in [0.25, 0.3) is 0 Å². The highest BCUT2D eigenvalue weighted by Crippen LogP contribution is 2.26. The first kappa shape index (κ1) is 12.1. The van der Waals surface area contributed by atoms with Crippen LogP contribution in [0.15, 0.2) is 42.9 Å². The zero-order chi connectivity index (χ0) is 14.2. The van der Waals surface area contributed by atoms with Crippen molar-refractivity contribution in [3.05, 3.63) is 48.4 Å². The first-order chi connectivity index (χ1) is 10.3. The van der Waals surface area contributed by atoms with Gasteiger partial charge in [-0.25, -0.2) is 0 Å². The Morgan fingerprint density at radius 3 is 2.67 bits per heavy atom. The van der Waals surface area contributed by atoms with Crippen LogP contribution in [-0.4, -0.2) is 29.8 Å². The van der Waals surface area contributed by atoms with E-state index in [4.69, 9.17) is 0 Å². The molecule has 21 heavy (non-hydrogen) atoms. The first-order valence-electron chi connectivity index (χ1n) is 6.37. The molecule has 1 aromatic carbocycles. The molecule has 0 fully saturated rings. The van der Waals surface area contributed by atoms with Gasteiger partial charge in [-0.2, -0.15) is 9.61 Å². The normalized spacial score (nSPS) is 11.1. The molecule has 0 aliphatic carbocycles. The van der Waals surface area contributed by atoms with Crippen LogP contribution in [0.1, 0.15) is 5.56 Å². The van der Waals surface area contributed by atoms with Crippen molar-refractivity contribution in [3.63, 3.8) is 0 Å². The number of aryl methyl sites for hydroxylation is 1. The number of hydrogen-bond donors (Lipinski definition) is 0. The predicted octanol–water partition coefficient (Wildman–Crippen LogP) is 2.62. The number of nitrogens with zero attached hydrogens (tertiary/aromatic N) is 6. The topological polar surface area (TPSA) is 68.9 Å². The van der Waals surface area contributed by atoms with Crippen molar-refractivity contribution in [2.24, 2.45) is 0 Å². The minimum Gasteiger partial charge on any atom is -0.261 e. The van der Waals surface area contributed by atoms with E-state index in [0.717, 1.165) is 27.1 Å². The van der Waals surface area contributed by atoms with Crippen molar-refractivity contribution in [2.45, 2.75) is 6.92 Å². The summed E-state index contributed by atoms with van der Waals surface area (Å²) in [5.74, 6) is 0.733. The van der Waals surface area contributed by atoms with Gasteiger partial charge >= 0.3 is 0 Å². The summed E-state index contributed by atoms with van der Waals surface area (Å²) in [6.07, 6.45) is 4.98. The second kappa shape index (κ2) is 4.71. The van der Waals surface area contributed by atoms with Crippen LogP contribution in [0, 0.1) is 6.92 Å². The van der Waals surface area contributed by atoms with Gasteiger partial charge in [0.1, 0.15) is 5.69 Å². The predicted molar refractivity (Wildman–Crippen MR) is 79.9 cm³/mol. The van der Waals surface area contributed by atoms with Gasteiger partial charge in [0.05, 0.1) is 6.20 Å². The molecule has 6 nitrogen and oxygen atoms in total. The molecule has 3 aromatic heterocycles. The van der Waals surface area contributed by atoms with E-state index in [0.29, 0.717) is 0 Å². The Kier molecular flexibility index (Phi) is 2.71. The average molecular weight is 294 g/mol. The molecule has 3 heterocycles. The zero-order valence-corrected chi connectivity index (χ0v) is 11.9. The van der Waals surface area contributed by atoms with Crippen LogP contribution in [0.25, 0.3) is 27.1 Å². The molecule has 0 aliphatic heterocycles. The van der Waals surface area contributed by atoms with Crippen LogP contribution in [0.2, 0.25) is 0 Å². The number of aromatic nitrogens is 6. The quantitative estimate of drug-likeness (QED) is 0.568. The molecule has 0 aliphatic rings. The Labute approximate surface area is 124 Å². The Morgan fingerprint density at radius 2 is 1.90 bits per heavy atom. The highest BCUT2D eigenvalue weighted by atomic mass is 32.1. The Bertz CT molecular complexity index is 894. The van der Waals surface area contributed by atoms with Gasteiger partial charge in [-0.1, -0.05) is 41.2 Å². The van der Waals surface area contributed by atoms with E-state index < -0.39 is 0 Å². The summed E-state index contributed by atoms with van der Waals surface area (Å²) >= 11 is 1.44. The maximum atomic E-state index is 4.55. The van der Waals surface area contributed by atoms with Crippen molar-refractivity contribution in [2.75, 3.05) is 0 Å². The third-order valence-electron chi connectivity index (χ3n) is 3.08. The minimum atomic E-state index is 0.733. The van der Waals surface area contributed by atoms with Crippen LogP contribution in [0.5, 0.6) is 0 Å². The molecule has 0 spiro atoms. The minimum absolute atomic E-state index is 0.733. The van der Waals surface area contributed by atoms with Crippen molar-refractivity contribution in [3.8, 4) is 22.1 Å². The summed E-state index contributed by atoms with van der Waals surface area (Å²) in [5.41, 5.74) is 2.94. The lowest BCUT2D eigenvalue weighted by atomic mass is 10.1. The fourth-order valence-corrected chi connectivity index (χ4v) is 2.81. The molecule has 0 saturated carbocycles. The van der Waals surface area contributed by atoms with Gasteiger partial charge in [0.2, 0.25) is 4.96 Å². The second-order valence-corrected chi connectivity index (χ2v) is 5.54. The molecular weight excluding hydrogens is 284 g/mol. The standard InChI is InChI=1S/C14H10N6S/c1-9-2-4-10(5-3-9)12-17-18-14-20(12)19-13(21-14)11-8-15-6-7-16-11/h2-8H,1H3. The lowest BCUT2D eigenvalue weighted by Gasteiger charge is -1.97. The third-order valence-corrected chi connectivity index (χ3v) is 4.00. The first-order valence-corrected chi connectivity index (χ1v) is 7.18. The molecule has 0 bridgehead atoms. The maximum Gasteiger partial charge on any atom is 0.235 e. The van der Waals surface area contributed by atoms with E-state index >= 15 is 0 Å². The number of benzene rings is 1. The summed E-state index contributed by atoms with van der Waals surface area (Å²) in [7, 11) is 0. The summed E-state index contributed by atoms with van der Waals surface area (Å²) in [4.78, 5) is 9.07. The molecule has 102 valence electrons. The molecule has 0 radical (unpaired) electrons. The van der Waals surface area contributed by atoms with Gasteiger partial charge in [0.15, 0.2) is 10.8 Å². The molecule has 0 saturated heterocycles. The van der Waals surface area contributed by atoms with Gasteiger partial charge in [-0.05, 0) is 6.92 Å². The van der Waals surface area contributed by atoms with Gasteiger partial charge < -0.3 is 0 Å². The van der Waals surface area contributed by atoms with E-state index in [-0.39, 0.29) is 0 Å². The van der Waals surface area contributed by atoms with Gasteiger partial charge in [-0.15, -0.1) is 10.2 Å². The number of fused-ring (bicyclic) bond motifs is 1. The van der Waals surface area contributed by atoms with Gasteiger partial charge in [-0.3, -0.25) is 9.97 Å². The van der Waals surface area contributed by atoms with E-state index in [9.17, 15) is 0 Å². The summed E-state index contributed by atoms with van der Waals surface area (Å²) in [6.45, 7) is 2.05. The molecule has 0 unspecified atom stereocenters. The SMILES string of the molecule is Cc1ccc(-c2nnc3sc(-c4cnccn4)nn23)cc1. The number of hydrogen-bond acceptors (Lipinski definition) is 6. The maximum absolute atomic E-state index is 4.55. The second-order valence-electron chi connectivity index (χ2n) is 4.58. The average Bonchev–Trinajstić information content (AvgIpc) is 3.09. The van der Waals surface area contributed by atoms with E-state index in [1.807, 2.05) is 24.3 Å². The molecule has 0 amide bonds. The number of rotatable bonds is 2. The third kappa shape index (κ3) is 2.07. The van der Waals surface area contributed by atoms with Crippen LogP contribution in [-0.2, 0) is 0 Å². The van der Waals surface area contributed by atoms with E-state index in [1.54, 1.807) is 23.1 Å². The molecule has 7 heteroatoms. The fraction of sp³-hybridized carbons (Fsp3) is 0.0714. The molecule has 4 rings (SSSR count). The summed E-state index contributed by atoms with van der Waals surface area (Å²) in [6, 6.07) is 8.14. The van der Waals surface area contributed by atoms with Crippen LogP contribution >= 0.6 is 11.3 Å². The zero-order valence-electron chi connectivity index (χ0n) is 11.1. The van der Waals surface area contributed by atoms with Crippen LogP contribution in [0.3, 0.4) is 0 Å². The Balaban J connectivity index is 1.85. The van der Waals surface area contributed by atoms with Crippen molar-refractivity contribution in [1.29, 1.82) is 0 Å². The monoisotopic (exact) mass is 294 g/mol. The molecule has 0 atom stereocenters. The smallest absolute Gasteiger partial charge is 0.235 e. The van der Waals surface area contributed by atoms with Crippen LogP contribution < -0.4 is 0 Å². The lowest BCUT2D eigenvalue weighted by molar-refractivity contribution is 0.965. The van der Waals surface area contributed by atoms with E-state index in [1.165, 1.54) is 16.9 Å². The Morgan fingerprint density at radius 1 is 1.05 bits per heavy atom. The van der Waals surface area contributed by atoms with Crippen molar-refractivity contribution in [1.82, 2.24) is 29.8 Å². The molecule has 4 aromatic rings. The van der Waals surface area contributed by atoms with Crippen molar-refractivity contribution >= 4 is 16.3 Å². The summed E-state index contributed by atoms with van der Waals surface area (Å²) in [5, 5.41) is 13.7. The lowest BCUT2D eigenvalue weighted by Crippen LogP contribution is -1.92. The highest BCUT2D eigenvalue weighted by Gasteiger charge is 2.14. The largest absolute Gasteiger partial charge is 0.261 e. The van der Waals surface area contributed by atoms with Gasteiger partial charge in [0, 0.05) is 18.0 Å². The highest BCUT2D eigenvalue weighted by molar-refractivity contribution is 7.19. The molecular formula is C14H10N6S. The summed E-state index contributed by atoms with van der Waals surface area (Å²) < 4.78 is 1.75.